The summed E-state index contributed by atoms with van der Waals surface area (Å²) in [5, 5.41) is 16.5. The molecule has 0 spiro atoms. The van der Waals surface area contributed by atoms with Gasteiger partial charge in [-0.15, -0.1) is 0 Å². The van der Waals surface area contributed by atoms with E-state index in [4.69, 9.17) is 5.11 Å². The monoisotopic (exact) mass is 390 g/mol. The zero-order valence-corrected chi connectivity index (χ0v) is 16.4. The molecule has 1 aromatic rings. The van der Waals surface area contributed by atoms with Gasteiger partial charge < -0.3 is 21.1 Å². The number of carbonyl (C=O) groups excluding carboxylic acids is 3. The van der Waals surface area contributed by atoms with Crippen LogP contribution >= 0.6 is 0 Å². The Morgan fingerprint density at radius 3 is 2.39 bits per heavy atom. The van der Waals surface area contributed by atoms with Crippen molar-refractivity contribution in [2.45, 2.75) is 39.8 Å². The van der Waals surface area contributed by atoms with E-state index >= 15 is 0 Å². The maximum atomic E-state index is 13.1. The lowest BCUT2D eigenvalue weighted by Crippen LogP contribution is -2.60. The molecule has 0 fully saturated rings. The summed E-state index contributed by atoms with van der Waals surface area (Å²) in [6, 6.07) is 4.64. The first-order valence-electron chi connectivity index (χ1n) is 9.12. The van der Waals surface area contributed by atoms with Crippen LogP contribution in [0.3, 0.4) is 0 Å². The molecular formula is C19H26N4O5. The Labute approximate surface area is 163 Å². The molecular weight excluding hydrogens is 364 g/mol. The summed E-state index contributed by atoms with van der Waals surface area (Å²) < 4.78 is 0. The van der Waals surface area contributed by atoms with Gasteiger partial charge in [0.2, 0.25) is 11.8 Å². The third-order valence-electron chi connectivity index (χ3n) is 4.46. The molecule has 1 aliphatic rings. The molecule has 2 unspecified atom stereocenters. The molecule has 1 aliphatic heterocycles. The average Bonchev–Trinajstić information content (AvgIpc) is 2.62. The van der Waals surface area contributed by atoms with Gasteiger partial charge in [-0.2, -0.15) is 0 Å². The van der Waals surface area contributed by atoms with Crippen molar-refractivity contribution in [3.05, 3.63) is 24.3 Å². The van der Waals surface area contributed by atoms with Crippen molar-refractivity contribution in [3.8, 4) is 0 Å². The number of urea groups is 1. The van der Waals surface area contributed by atoms with Crippen LogP contribution in [-0.4, -0.2) is 47.5 Å². The predicted octanol–water partition coefficient (Wildman–Crippen LogP) is 1.40. The van der Waals surface area contributed by atoms with Crippen molar-refractivity contribution >= 4 is 35.2 Å². The minimum atomic E-state index is -1.18. The summed E-state index contributed by atoms with van der Waals surface area (Å²) >= 11 is 0. The molecule has 4 amide bonds. The Kier molecular flexibility index (Phi) is 6.61. The minimum absolute atomic E-state index is 0.169. The third kappa shape index (κ3) is 4.59. The van der Waals surface area contributed by atoms with E-state index in [-0.39, 0.29) is 17.7 Å². The molecule has 2 rings (SSSR count). The predicted molar refractivity (Wildman–Crippen MR) is 104 cm³/mol. The number of nitrogens with one attached hydrogen (secondary N) is 3. The van der Waals surface area contributed by atoms with Crippen LogP contribution in [0.15, 0.2) is 24.3 Å². The van der Waals surface area contributed by atoms with E-state index in [2.05, 4.69) is 16.0 Å². The highest BCUT2D eigenvalue weighted by Gasteiger charge is 2.40. The zero-order chi connectivity index (χ0) is 21.0. The summed E-state index contributed by atoms with van der Waals surface area (Å²) in [7, 11) is 0. The smallest absolute Gasteiger partial charge is 0.323 e. The van der Waals surface area contributed by atoms with Gasteiger partial charge in [-0.3, -0.25) is 19.3 Å². The van der Waals surface area contributed by atoms with Crippen molar-refractivity contribution in [1.82, 2.24) is 10.6 Å². The number of hydrogen-bond donors (Lipinski definition) is 4. The number of hydrogen-bond acceptors (Lipinski definition) is 4. The summed E-state index contributed by atoms with van der Waals surface area (Å²) in [4.78, 5) is 50.1. The average molecular weight is 390 g/mol. The number of rotatable bonds is 6. The first-order valence-corrected chi connectivity index (χ1v) is 9.12. The SMILES string of the molecule is CC(C)C(NC(=O)N1c2ccccc2NC(=O)C1C(C)C)C(=O)NCC(=O)O. The molecule has 0 radical (unpaired) electrons. The van der Waals surface area contributed by atoms with Crippen molar-refractivity contribution in [1.29, 1.82) is 0 Å². The fourth-order valence-corrected chi connectivity index (χ4v) is 3.11. The van der Waals surface area contributed by atoms with Crippen LogP contribution in [0.5, 0.6) is 0 Å². The topological polar surface area (TPSA) is 128 Å². The fraction of sp³-hybridized carbons (Fsp3) is 0.474. The molecule has 0 aliphatic carbocycles. The van der Waals surface area contributed by atoms with Crippen molar-refractivity contribution < 1.29 is 24.3 Å². The number of anilines is 2. The van der Waals surface area contributed by atoms with E-state index in [1.54, 1.807) is 38.1 Å². The van der Waals surface area contributed by atoms with Crippen LogP contribution in [0.4, 0.5) is 16.2 Å². The Hall–Kier alpha value is -3.10. The van der Waals surface area contributed by atoms with Gasteiger partial charge >= 0.3 is 12.0 Å². The van der Waals surface area contributed by atoms with Gasteiger partial charge in [-0.1, -0.05) is 39.8 Å². The number of carboxylic acid groups (broad SMARTS) is 1. The molecule has 28 heavy (non-hydrogen) atoms. The maximum Gasteiger partial charge on any atom is 0.323 e. The quantitative estimate of drug-likeness (QED) is 0.584. The number of para-hydroxylation sites is 2. The number of nitrogens with zero attached hydrogens (tertiary/aromatic N) is 1. The lowest BCUT2D eigenvalue weighted by Gasteiger charge is -2.39. The van der Waals surface area contributed by atoms with E-state index in [1.165, 1.54) is 4.90 Å². The zero-order valence-electron chi connectivity index (χ0n) is 16.4. The van der Waals surface area contributed by atoms with Crippen LogP contribution in [0.25, 0.3) is 0 Å². The molecule has 0 aromatic heterocycles. The Balaban J connectivity index is 2.31. The number of amides is 4. The summed E-state index contributed by atoms with van der Waals surface area (Å²) in [5.41, 5.74) is 1.04. The minimum Gasteiger partial charge on any atom is -0.480 e. The standard InChI is InChI=1S/C19H26N4O5/c1-10(2)15(17(26)20-9-14(24)25)22-19(28)23-13-8-6-5-7-12(13)21-18(27)16(23)11(3)4/h5-8,10-11,15-16H,9H2,1-4H3,(H,20,26)(H,21,27)(H,22,28)(H,24,25). The molecule has 0 saturated carbocycles. The number of fused-ring (bicyclic) bond motifs is 1. The summed E-state index contributed by atoms with van der Waals surface area (Å²) in [6.07, 6.45) is 0. The Morgan fingerprint density at radius 2 is 1.82 bits per heavy atom. The van der Waals surface area contributed by atoms with Crippen LogP contribution in [-0.2, 0) is 14.4 Å². The number of carboxylic acids is 1. The molecule has 2 atom stereocenters. The second-order valence-corrected chi connectivity index (χ2v) is 7.35. The second-order valence-electron chi connectivity index (χ2n) is 7.35. The lowest BCUT2D eigenvalue weighted by molar-refractivity contribution is -0.138. The van der Waals surface area contributed by atoms with Gasteiger partial charge in [0.1, 0.15) is 18.6 Å². The van der Waals surface area contributed by atoms with E-state index in [0.29, 0.717) is 11.4 Å². The molecule has 0 bridgehead atoms. The molecule has 1 aromatic carbocycles. The highest BCUT2D eigenvalue weighted by atomic mass is 16.4. The van der Waals surface area contributed by atoms with Gasteiger partial charge in [0.25, 0.3) is 0 Å². The first-order chi connectivity index (χ1) is 13.1. The van der Waals surface area contributed by atoms with E-state index in [9.17, 15) is 19.2 Å². The van der Waals surface area contributed by atoms with Gasteiger partial charge in [0.05, 0.1) is 11.4 Å². The molecule has 4 N–H and O–H groups in total. The molecule has 9 nitrogen and oxygen atoms in total. The highest BCUT2D eigenvalue weighted by molar-refractivity contribution is 6.12. The summed E-state index contributed by atoms with van der Waals surface area (Å²) in [5.74, 6) is -2.54. The van der Waals surface area contributed by atoms with Crippen molar-refractivity contribution in [2.24, 2.45) is 11.8 Å². The fourth-order valence-electron chi connectivity index (χ4n) is 3.11. The van der Waals surface area contributed by atoms with Gasteiger partial charge in [0.15, 0.2) is 0 Å². The maximum absolute atomic E-state index is 13.1. The number of benzene rings is 1. The number of carbonyl (C=O) groups is 4. The van der Waals surface area contributed by atoms with Gasteiger partial charge in [-0.25, -0.2) is 4.79 Å². The molecule has 9 heteroatoms. The molecule has 0 saturated heterocycles. The number of aliphatic carboxylic acids is 1. The second kappa shape index (κ2) is 8.73. The van der Waals surface area contributed by atoms with Gasteiger partial charge in [0, 0.05) is 0 Å². The van der Waals surface area contributed by atoms with Crippen LogP contribution in [0, 0.1) is 11.8 Å². The summed E-state index contributed by atoms with van der Waals surface area (Å²) in [6.45, 7) is 6.60. The van der Waals surface area contributed by atoms with Crippen molar-refractivity contribution in [2.75, 3.05) is 16.8 Å². The van der Waals surface area contributed by atoms with Crippen LogP contribution in [0.1, 0.15) is 27.7 Å². The third-order valence-corrected chi connectivity index (χ3v) is 4.46. The van der Waals surface area contributed by atoms with Crippen LogP contribution in [0.2, 0.25) is 0 Å². The lowest BCUT2D eigenvalue weighted by atomic mass is 9.97. The highest BCUT2D eigenvalue weighted by Crippen LogP contribution is 2.34. The van der Waals surface area contributed by atoms with Crippen LogP contribution < -0.4 is 20.9 Å². The largest absolute Gasteiger partial charge is 0.480 e. The van der Waals surface area contributed by atoms with Crippen molar-refractivity contribution in [3.63, 3.8) is 0 Å². The molecule has 152 valence electrons. The first kappa shape index (κ1) is 21.2. The van der Waals surface area contributed by atoms with E-state index in [1.807, 2.05) is 13.8 Å². The normalized spacial score (nSPS) is 17.0. The van der Waals surface area contributed by atoms with Gasteiger partial charge in [-0.05, 0) is 24.0 Å². The van der Waals surface area contributed by atoms with E-state index < -0.39 is 36.5 Å². The Morgan fingerprint density at radius 1 is 1.18 bits per heavy atom. The molecule has 1 heterocycles. The Bertz CT molecular complexity index is 777. The van der Waals surface area contributed by atoms with E-state index in [0.717, 1.165) is 0 Å².